The van der Waals surface area contributed by atoms with E-state index in [1.54, 1.807) is 13.2 Å². The molecule has 0 aliphatic carbocycles. The number of aliphatic hydroxyl groups excluding tert-OH is 1. The number of sulfonamides is 1. The summed E-state index contributed by atoms with van der Waals surface area (Å²) in [5, 5.41) is 9.01. The lowest BCUT2D eigenvalue weighted by molar-refractivity contribution is 0.282. The van der Waals surface area contributed by atoms with Crippen molar-refractivity contribution >= 4 is 50.7 Å². The van der Waals surface area contributed by atoms with E-state index in [0.29, 0.717) is 0 Å². The first-order chi connectivity index (χ1) is 9.24. The standard InChI is InChI=1S/C11H16Cl2N2O3S2/c1-6(8(5-16)19-2)15-20(17,18)9-4-3-7(12)11(14)10(9)13/h3-4,6,8,15-16H,5,14H2,1-2H3. The topological polar surface area (TPSA) is 92.4 Å². The predicted octanol–water partition coefficient (Wildman–Crippen LogP) is 1.97. The van der Waals surface area contributed by atoms with Crippen molar-refractivity contribution in [1.29, 1.82) is 0 Å². The molecule has 2 unspecified atom stereocenters. The van der Waals surface area contributed by atoms with Crippen molar-refractivity contribution in [2.24, 2.45) is 0 Å². The van der Waals surface area contributed by atoms with Crippen LogP contribution in [0.3, 0.4) is 0 Å². The predicted molar refractivity (Wildman–Crippen MR) is 85.0 cm³/mol. The quantitative estimate of drug-likeness (QED) is 0.676. The second kappa shape index (κ2) is 7.20. The third kappa shape index (κ3) is 3.93. The Bertz CT molecular complexity index is 577. The molecule has 0 saturated heterocycles. The van der Waals surface area contributed by atoms with Crippen molar-refractivity contribution in [2.45, 2.75) is 23.1 Å². The summed E-state index contributed by atoms with van der Waals surface area (Å²) in [4.78, 5) is -0.134. The number of benzene rings is 1. The molecule has 5 nitrogen and oxygen atoms in total. The summed E-state index contributed by atoms with van der Waals surface area (Å²) in [5.74, 6) is 0. The van der Waals surface area contributed by atoms with Gasteiger partial charge in [-0.05, 0) is 25.3 Å². The number of nitrogens with one attached hydrogen (secondary N) is 1. The summed E-state index contributed by atoms with van der Waals surface area (Å²) >= 11 is 13.1. The Morgan fingerprint density at radius 2 is 2.05 bits per heavy atom. The van der Waals surface area contributed by atoms with E-state index in [4.69, 9.17) is 28.9 Å². The molecule has 2 atom stereocenters. The fourth-order valence-electron chi connectivity index (χ4n) is 1.58. The molecule has 1 aromatic rings. The van der Waals surface area contributed by atoms with E-state index < -0.39 is 16.1 Å². The number of halogens is 2. The van der Waals surface area contributed by atoms with Crippen LogP contribution in [0.2, 0.25) is 10.0 Å². The van der Waals surface area contributed by atoms with Crippen LogP contribution >= 0.6 is 35.0 Å². The molecule has 0 radical (unpaired) electrons. The van der Waals surface area contributed by atoms with Gasteiger partial charge in [-0.2, -0.15) is 11.8 Å². The van der Waals surface area contributed by atoms with Gasteiger partial charge in [-0.25, -0.2) is 13.1 Å². The van der Waals surface area contributed by atoms with Gasteiger partial charge in [-0.1, -0.05) is 23.2 Å². The van der Waals surface area contributed by atoms with Crippen LogP contribution in [-0.2, 0) is 10.0 Å². The number of thioether (sulfide) groups is 1. The lowest BCUT2D eigenvalue weighted by Crippen LogP contribution is -2.41. The number of nitrogen functional groups attached to an aromatic ring is 1. The summed E-state index contributed by atoms with van der Waals surface area (Å²) in [7, 11) is -3.84. The minimum atomic E-state index is -3.84. The molecule has 0 aliphatic heterocycles. The summed E-state index contributed by atoms with van der Waals surface area (Å²) in [6.07, 6.45) is 1.79. The van der Waals surface area contributed by atoms with E-state index in [9.17, 15) is 13.5 Å². The summed E-state index contributed by atoms with van der Waals surface area (Å²) in [6, 6.07) is 2.21. The maximum Gasteiger partial charge on any atom is 0.242 e. The number of rotatable bonds is 6. The molecule has 0 fully saturated rings. The second-order valence-electron chi connectivity index (χ2n) is 4.14. The highest BCUT2D eigenvalue weighted by molar-refractivity contribution is 7.99. The first kappa shape index (κ1) is 17.9. The smallest absolute Gasteiger partial charge is 0.242 e. The molecule has 20 heavy (non-hydrogen) atoms. The molecule has 0 amide bonds. The van der Waals surface area contributed by atoms with E-state index in [2.05, 4.69) is 4.72 Å². The van der Waals surface area contributed by atoms with Crippen molar-refractivity contribution in [3.05, 3.63) is 22.2 Å². The van der Waals surface area contributed by atoms with Gasteiger partial charge in [0.05, 0.1) is 22.3 Å². The lowest BCUT2D eigenvalue weighted by Gasteiger charge is -2.21. The molecule has 0 bridgehead atoms. The molecule has 9 heteroatoms. The highest BCUT2D eigenvalue weighted by Crippen LogP contribution is 2.33. The fourth-order valence-corrected chi connectivity index (χ4v) is 4.34. The summed E-state index contributed by atoms with van der Waals surface area (Å²) in [5.41, 5.74) is 5.64. The van der Waals surface area contributed by atoms with Crippen LogP contribution in [0.1, 0.15) is 6.92 Å². The molecule has 0 aromatic heterocycles. The Morgan fingerprint density at radius 1 is 1.45 bits per heavy atom. The molecule has 0 saturated carbocycles. The van der Waals surface area contributed by atoms with Gasteiger partial charge in [-0.3, -0.25) is 0 Å². The van der Waals surface area contributed by atoms with Crippen LogP contribution < -0.4 is 10.5 Å². The van der Waals surface area contributed by atoms with Gasteiger partial charge < -0.3 is 10.8 Å². The van der Waals surface area contributed by atoms with Gasteiger partial charge in [0, 0.05) is 11.3 Å². The van der Waals surface area contributed by atoms with Gasteiger partial charge in [-0.15, -0.1) is 0 Å². The van der Waals surface area contributed by atoms with Crippen molar-refractivity contribution in [3.8, 4) is 0 Å². The van der Waals surface area contributed by atoms with E-state index in [1.165, 1.54) is 23.9 Å². The Kier molecular flexibility index (Phi) is 6.43. The molecule has 0 heterocycles. The van der Waals surface area contributed by atoms with E-state index >= 15 is 0 Å². The molecule has 1 aromatic carbocycles. The average Bonchev–Trinajstić information content (AvgIpc) is 2.36. The van der Waals surface area contributed by atoms with Gasteiger partial charge in [0.2, 0.25) is 10.0 Å². The monoisotopic (exact) mass is 358 g/mol. The Labute approximate surface area is 132 Å². The molecular formula is C11H16Cl2N2O3S2. The van der Waals surface area contributed by atoms with Crippen molar-refractivity contribution in [1.82, 2.24) is 4.72 Å². The third-order valence-electron chi connectivity index (χ3n) is 2.76. The van der Waals surface area contributed by atoms with Crippen LogP contribution in [0.5, 0.6) is 0 Å². The summed E-state index contributed by atoms with van der Waals surface area (Å²) in [6.45, 7) is 1.53. The maximum absolute atomic E-state index is 12.3. The average molecular weight is 359 g/mol. The highest BCUT2D eigenvalue weighted by atomic mass is 35.5. The molecule has 0 aliphatic rings. The first-order valence-electron chi connectivity index (χ1n) is 5.64. The van der Waals surface area contributed by atoms with Gasteiger partial charge in [0.15, 0.2) is 0 Å². The van der Waals surface area contributed by atoms with E-state index in [-0.39, 0.29) is 32.5 Å². The molecular weight excluding hydrogens is 343 g/mol. The van der Waals surface area contributed by atoms with Crippen molar-refractivity contribution in [2.75, 3.05) is 18.6 Å². The molecule has 1 rings (SSSR count). The van der Waals surface area contributed by atoms with Crippen LogP contribution in [0.25, 0.3) is 0 Å². The largest absolute Gasteiger partial charge is 0.396 e. The first-order valence-corrected chi connectivity index (χ1v) is 9.16. The Morgan fingerprint density at radius 3 is 2.55 bits per heavy atom. The number of anilines is 1. The SMILES string of the molecule is CSC(CO)C(C)NS(=O)(=O)c1ccc(Cl)c(N)c1Cl. The summed E-state index contributed by atoms with van der Waals surface area (Å²) < 4.78 is 27.0. The minimum absolute atomic E-state index is 0.0208. The number of aliphatic hydroxyl groups is 1. The number of hydrogen-bond acceptors (Lipinski definition) is 5. The Hall–Kier alpha value is -0.180. The second-order valence-corrected chi connectivity index (χ2v) is 7.68. The highest BCUT2D eigenvalue weighted by Gasteiger charge is 2.25. The molecule has 114 valence electrons. The molecule has 0 spiro atoms. The zero-order valence-corrected chi connectivity index (χ0v) is 14.1. The van der Waals surface area contributed by atoms with Crippen LogP contribution in [0, 0.1) is 0 Å². The van der Waals surface area contributed by atoms with Crippen molar-refractivity contribution < 1.29 is 13.5 Å². The zero-order valence-electron chi connectivity index (χ0n) is 10.9. The lowest BCUT2D eigenvalue weighted by atomic mass is 10.3. The fraction of sp³-hybridized carbons (Fsp3) is 0.455. The number of nitrogens with two attached hydrogens (primary N) is 1. The molecule has 4 N–H and O–H groups in total. The Balaban J connectivity index is 3.09. The van der Waals surface area contributed by atoms with Crippen molar-refractivity contribution in [3.63, 3.8) is 0 Å². The van der Waals surface area contributed by atoms with Gasteiger partial charge in [0.1, 0.15) is 4.90 Å². The van der Waals surface area contributed by atoms with Crippen LogP contribution in [-0.4, -0.2) is 37.7 Å². The maximum atomic E-state index is 12.3. The van der Waals surface area contributed by atoms with Gasteiger partial charge in [0.25, 0.3) is 0 Å². The van der Waals surface area contributed by atoms with Gasteiger partial charge >= 0.3 is 0 Å². The third-order valence-corrected chi connectivity index (χ3v) is 6.38. The van der Waals surface area contributed by atoms with Crippen LogP contribution in [0.4, 0.5) is 5.69 Å². The zero-order chi connectivity index (χ0) is 15.5. The van der Waals surface area contributed by atoms with E-state index in [1.807, 2.05) is 0 Å². The minimum Gasteiger partial charge on any atom is -0.396 e. The normalized spacial score (nSPS) is 15.1. The van der Waals surface area contributed by atoms with Crippen LogP contribution in [0.15, 0.2) is 17.0 Å². The number of hydrogen-bond donors (Lipinski definition) is 3. The van der Waals surface area contributed by atoms with E-state index in [0.717, 1.165) is 0 Å².